The van der Waals surface area contributed by atoms with Crippen molar-refractivity contribution in [2.24, 2.45) is 7.05 Å². The molecule has 7 nitrogen and oxygen atoms in total. The van der Waals surface area contributed by atoms with Gasteiger partial charge < -0.3 is 10.6 Å². The number of fused-ring (bicyclic) bond motifs is 1. The summed E-state index contributed by atoms with van der Waals surface area (Å²) in [4.78, 5) is 28.9. The predicted octanol–water partition coefficient (Wildman–Crippen LogP) is 3.31. The molecule has 0 bridgehead atoms. The van der Waals surface area contributed by atoms with E-state index >= 15 is 0 Å². The molecule has 4 rings (SSSR count). The standard InChI is InChI=1S/C23H21N5O2/c1-15-20-12-19(13-24-22(20)28(2)27-15)26-21(29)14-25-23(30)18-10-8-17(9-11-18)16-6-4-3-5-7-16/h3-13H,14H2,1-2H3,(H,25,30)(H,26,29). The van der Waals surface area contributed by atoms with Gasteiger partial charge in [-0.25, -0.2) is 4.98 Å². The van der Waals surface area contributed by atoms with E-state index in [1.54, 1.807) is 23.0 Å². The van der Waals surface area contributed by atoms with E-state index in [2.05, 4.69) is 20.7 Å². The van der Waals surface area contributed by atoms with Crippen molar-refractivity contribution in [2.75, 3.05) is 11.9 Å². The molecule has 0 spiro atoms. The highest BCUT2D eigenvalue weighted by atomic mass is 16.2. The molecular formula is C23H21N5O2. The van der Waals surface area contributed by atoms with E-state index < -0.39 is 0 Å². The van der Waals surface area contributed by atoms with Gasteiger partial charge >= 0.3 is 0 Å². The molecule has 30 heavy (non-hydrogen) atoms. The minimum atomic E-state index is -0.327. The summed E-state index contributed by atoms with van der Waals surface area (Å²) in [6, 6.07) is 19.0. The number of nitrogens with zero attached hydrogens (tertiary/aromatic N) is 3. The Morgan fingerprint density at radius 2 is 1.70 bits per heavy atom. The Hall–Kier alpha value is -4.00. The number of benzene rings is 2. The quantitative estimate of drug-likeness (QED) is 0.539. The Kier molecular flexibility index (Phi) is 5.26. The Balaban J connectivity index is 1.35. The fraction of sp³-hybridized carbons (Fsp3) is 0.130. The van der Waals surface area contributed by atoms with Crippen LogP contribution in [0.15, 0.2) is 66.9 Å². The summed E-state index contributed by atoms with van der Waals surface area (Å²) in [6.45, 7) is 1.75. The number of carbonyl (C=O) groups excluding carboxylic acids is 2. The van der Waals surface area contributed by atoms with Crippen LogP contribution < -0.4 is 10.6 Å². The van der Waals surface area contributed by atoms with Gasteiger partial charge in [-0.1, -0.05) is 42.5 Å². The van der Waals surface area contributed by atoms with Crippen LogP contribution in [0.1, 0.15) is 16.1 Å². The number of carbonyl (C=O) groups is 2. The molecular weight excluding hydrogens is 378 g/mol. The van der Waals surface area contributed by atoms with E-state index in [0.717, 1.165) is 27.9 Å². The molecule has 0 aliphatic carbocycles. The summed E-state index contributed by atoms with van der Waals surface area (Å²) in [7, 11) is 1.82. The maximum Gasteiger partial charge on any atom is 0.251 e. The topological polar surface area (TPSA) is 88.9 Å². The van der Waals surface area contributed by atoms with Crippen LogP contribution >= 0.6 is 0 Å². The lowest BCUT2D eigenvalue weighted by molar-refractivity contribution is -0.115. The van der Waals surface area contributed by atoms with Crippen LogP contribution in [0, 0.1) is 6.92 Å². The first-order valence-electron chi connectivity index (χ1n) is 9.54. The van der Waals surface area contributed by atoms with E-state index in [1.165, 1.54) is 0 Å². The average Bonchev–Trinajstić information content (AvgIpc) is 3.06. The molecule has 2 amide bonds. The highest BCUT2D eigenvalue weighted by molar-refractivity contribution is 6.00. The zero-order valence-corrected chi connectivity index (χ0v) is 16.7. The molecule has 2 N–H and O–H groups in total. The summed E-state index contributed by atoms with van der Waals surface area (Å²) in [5.74, 6) is -0.631. The van der Waals surface area contributed by atoms with Crippen molar-refractivity contribution >= 4 is 28.5 Å². The number of aryl methyl sites for hydroxylation is 2. The van der Waals surface area contributed by atoms with E-state index in [1.807, 2.05) is 62.5 Å². The largest absolute Gasteiger partial charge is 0.343 e. The van der Waals surface area contributed by atoms with Gasteiger partial charge in [-0.3, -0.25) is 14.3 Å². The third-order valence-electron chi connectivity index (χ3n) is 4.81. The van der Waals surface area contributed by atoms with E-state index in [9.17, 15) is 9.59 Å². The normalized spacial score (nSPS) is 10.7. The van der Waals surface area contributed by atoms with Crippen LogP contribution in [0.3, 0.4) is 0 Å². The fourth-order valence-corrected chi connectivity index (χ4v) is 3.29. The number of nitrogens with one attached hydrogen (secondary N) is 2. The second kappa shape index (κ2) is 8.16. The van der Waals surface area contributed by atoms with Crippen LogP contribution in [0.2, 0.25) is 0 Å². The molecule has 4 aromatic rings. The van der Waals surface area contributed by atoms with E-state index in [0.29, 0.717) is 11.3 Å². The van der Waals surface area contributed by atoms with Crippen molar-refractivity contribution in [1.29, 1.82) is 0 Å². The molecule has 0 saturated carbocycles. The molecule has 2 aromatic heterocycles. The second-order valence-corrected chi connectivity index (χ2v) is 6.98. The minimum absolute atomic E-state index is 0.136. The van der Waals surface area contributed by atoms with Gasteiger partial charge in [0.25, 0.3) is 5.91 Å². The van der Waals surface area contributed by atoms with Gasteiger partial charge in [-0.05, 0) is 36.2 Å². The molecule has 2 heterocycles. The number of aromatic nitrogens is 3. The Bertz CT molecular complexity index is 1210. The first-order chi connectivity index (χ1) is 14.5. The van der Waals surface area contributed by atoms with Crippen LogP contribution in [0.5, 0.6) is 0 Å². The molecule has 0 atom stereocenters. The van der Waals surface area contributed by atoms with Crippen molar-refractivity contribution in [1.82, 2.24) is 20.1 Å². The van der Waals surface area contributed by atoms with E-state index in [4.69, 9.17) is 0 Å². The van der Waals surface area contributed by atoms with Crippen LogP contribution in [-0.4, -0.2) is 33.1 Å². The van der Waals surface area contributed by atoms with Gasteiger partial charge in [-0.15, -0.1) is 0 Å². The van der Waals surface area contributed by atoms with Crippen LogP contribution in [-0.2, 0) is 11.8 Å². The van der Waals surface area contributed by atoms with Crippen molar-refractivity contribution < 1.29 is 9.59 Å². The van der Waals surface area contributed by atoms with Crippen LogP contribution in [0.4, 0.5) is 5.69 Å². The lowest BCUT2D eigenvalue weighted by Gasteiger charge is -2.08. The van der Waals surface area contributed by atoms with Gasteiger partial charge in [-0.2, -0.15) is 5.10 Å². The Morgan fingerprint density at radius 1 is 1.00 bits per heavy atom. The zero-order valence-electron chi connectivity index (χ0n) is 16.7. The monoisotopic (exact) mass is 399 g/mol. The van der Waals surface area contributed by atoms with Gasteiger partial charge in [0.15, 0.2) is 5.65 Å². The highest BCUT2D eigenvalue weighted by Crippen LogP contribution is 2.20. The van der Waals surface area contributed by atoms with Gasteiger partial charge in [0.2, 0.25) is 5.91 Å². The summed E-state index contributed by atoms with van der Waals surface area (Å²) < 4.78 is 1.69. The van der Waals surface area contributed by atoms with Crippen molar-refractivity contribution in [3.8, 4) is 11.1 Å². The summed E-state index contributed by atoms with van der Waals surface area (Å²) in [5, 5.41) is 10.6. The smallest absolute Gasteiger partial charge is 0.251 e. The second-order valence-electron chi connectivity index (χ2n) is 6.98. The number of rotatable bonds is 5. The van der Waals surface area contributed by atoms with Crippen molar-refractivity contribution in [3.05, 3.63) is 78.1 Å². The number of amides is 2. The number of anilines is 1. The molecule has 0 saturated heterocycles. The van der Waals surface area contributed by atoms with Gasteiger partial charge in [0.05, 0.1) is 24.1 Å². The summed E-state index contributed by atoms with van der Waals surface area (Å²) >= 11 is 0. The molecule has 2 aromatic carbocycles. The Labute approximate surface area is 173 Å². The summed E-state index contributed by atoms with van der Waals surface area (Å²) in [5.41, 5.74) is 4.75. The lowest BCUT2D eigenvalue weighted by atomic mass is 10.0. The number of pyridine rings is 1. The minimum Gasteiger partial charge on any atom is -0.343 e. The highest BCUT2D eigenvalue weighted by Gasteiger charge is 2.11. The molecule has 7 heteroatoms. The molecule has 0 fully saturated rings. The molecule has 0 aliphatic rings. The number of hydrogen-bond acceptors (Lipinski definition) is 4. The molecule has 150 valence electrons. The van der Waals surface area contributed by atoms with Crippen LogP contribution in [0.25, 0.3) is 22.2 Å². The fourth-order valence-electron chi connectivity index (χ4n) is 3.29. The third-order valence-corrected chi connectivity index (χ3v) is 4.81. The van der Waals surface area contributed by atoms with Crippen molar-refractivity contribution in [2.45, 2.75) is 6.92 Å². The molecule has 0 unspecified atom stereocenters. The SMILES string of the molecule is Cc1nn(C)c2ncc(NC(=O)CNC(=O)c3ccc(-c4ccccc4)cc3)cc12. The number of hydrogen-bond donors (Lipinski definition) is 2. The zero-order chi connectivity index (χ0) is 21.1. The molecule has 0 radical (unpaired) electrons. The van der Waals surface area contributed by atoms with Gasteiger partial charge in [0.1, 0.15) is 0 Å². The molecule has 0 aliphatic heterocycles. The van der Waals surface area contributed by atoms with Crippen molar-refractivity contribution in [3.63, 3.8) is 0 Å². The van der Waals surface area contributed by atoms with E-state index in [-0.39, 0.29) is 18.4 Å². The average molecular weight is 399 g/mol. The first kappa shape index (κ1) is 19.3. The third kappa shape index (κ3) is 4.05. The maximum absolute atomic E-state index is 12.4. The Morgan fingerprint density at radius 3 is 2.43 bits per heavy atom. The first-order valence-corrected chi connectivity index (χ1v) is 9.54. The summed E-state index contributed by atoms with van der Waals surface area (Å²) in [6.07, 6.45) is 1.57. The predicted molar refractivity (Wildman–Crippen MR) is 116 cm³/mol. The lowest BCUT2D eigenvalue weighted by Crippen LogP contribution is -2.32. The maximum atomic E-state index is 12.4. The van der Waals surface area contributed by atoms with Gasteiger partial charge in [0, 0.05) is 18.0 Å².